The van der Waals surface area contributed by atoms with E-state index >= 15 is 0 Å². The number of carbonyl (C=O) groups is 2. The Bertz CT molecular complexity index is 645. The lowest BCUT2D eigenvalue weighted by atomic mass is 9.87. The third-order valence-corrected chi connectivity index (χ3v) is 5.57. The topological polar surface area (TPSA) is 40.6 Å². The number of hydrogen-bond donors (Lipinski definition) is 0. The molecule has 4 nitrogen and oxygen atoms in total. The Balaban J connectivity index is 1.82. The van der Waals surface area contributed by atoms with Gasteiger partial charge in [0.25, 0.3) is 0 Å². The molecule has 1 fully saturated rings. The Labute approximate surface area is 144 Å². The maximum Gasteiger partial charge on any atom is 0.242 e. The monoisotopic (exact) mass is 328 g/mol. The lowest BCUT2D eigenvalue weighted by molar-refractivity contribution is -0.148. The number of nitrogens with zero attached hydrogens (tertiary/aromatic N) is 2. The zero-order chi connectivity index (χ0) is 17.5. The van der Waals surface area contributed by atoms with E-state index in [0.717, 1.165) is 38.0 Å². The fraction of sp³-hybridized carbons (Fsp3) is 0.600. The van der Waals surface area contributed by atoms with E-state index in [0.29, 0.717) is 5.92 Å². The van der Waals surface area contributed by atoms with Crippen LogP contribution < -0.4 is 4.90 Å². The van der Waals surface area contributed by atoms with E-state index in [1.54, 1.807) is 13.8 Å². The molecule has 130 valence electrons. The molecule has 0 aromatic heterocycles. The first kappa shape index (κ1) is 17.0. The van der Waals surface area contributed by atoms with Crippen LogP contribution in [0, 0.1) is 11.3 Å². The Morgan fingerprint density at radius 2 is 1.67 bits per heavy atom. The highest BCUT2D eigenvalue weighted by Gasteiger charge is 2.45. The van der Waals surface area contributed by atoms with Gasteiger partial charge in [-0.1, -0.05) is 25.1 Å². The Morgan fingerprint density at radius 3 is 2.33 bits per heavy atom. The number of piperidine rings is 1. The molecule has 0 spiro atoms. The molecule has 4 heteroatoms. The van der Waals surface area contributed by atoms with Crippen molar-refractivity contribution in [2.75, 3.05) is 18.0 Å². The SMILES string of the molecule is CC1CCN(C(=O)C(C)(C)C(=O)N2c3ccccc3CC2C)CC1. The van der Waals surface area contributed by atoms with Crippen LogP contribution in [0.1, 0.15) is 46.1 Å². The van der Waals surface area contributed by atoms with E-state index in [1.165, 1.54) is 5.56 Å². The molecule has 0 bridgehead atoms. The Morgan fingerprint density at radius 1 is 1.04 bits per heavy atom. The summed E-state index contributed by atoms with van der Waals surface area (Å²) >= 11 is 0. The third kappa shape index (κ3) is 2.83. The lowest BCUT2D eigenvalue weighted by Crippen LogP contribution is -2.53. The fourth-order valence-corrected chi connectivity index (χ4v) is 3.87. The third-order valence-electron chi connectivity index (χ3n) is 5.57. The van der Waals surface area contributed by atoms with Gasteiger partial charge in [0.15, 0.2) is 0 Å². The van der Waals surface area contributed by atoms with Gasteiger partial charge in [0.2, 0.25) is 11.8 Å². The maximum atomic E-state index is 13.3. The van der Waals surface area contributed by atoms with Crippen molar-refractivity contribution in [1.29, 1.82) is 0 Å². The first-order valence-corrected chi connectivity index (χ1v) is 9.03. The summed E-state index contributed by atoms with van der Waals surface area (Å²) in [6.07, 6.45) is 2.91. The zero-order valence-corrected chi connectivity index (χ0v) is 15.2. The van der Waals surface area contributed by atoms with Crippen molar-refractivity contribution in [3.05, 3.63) is 29.8 Å². The van der Waals surface area contributed by atoms with Crippen LogP contribution >= 0.6 is 0 Å². The lowest BCUT2D eigenvalue weighted by Gasteiger charge is -2.38. The number of benzene rings is 1. The van der Waals surface area contributed by atoms with Crippen LogP contribution in [-0.4, -0.2) is 35.8 Å². The molecular formula is C20H28N2O2. The second kappa shape index (κ2) is 6.23. The van der Waals surface area contributed by atoms with Gasteiger partial charge < -0.3 is 9.80 Å². The highest BCUT2D eigenvalue weighted by molar-refractivity contribution is 6.12. The summed E-state index contributed by atoms with van der Waals surface area (Å²) < 4.78 is 0. The molecule has 1 saturated heterocycles. The summed E-state index contributed by atoms with van der Waals surface area (Å²) in [4.78, 5) is 30.0. The molecule has 24 heavy (non-hydrogen) atoms. The molecule has 2 heterocycles. The summed E-state index contributed by atoms with van der Waals surface area (Å²) in [7, 11) is 0. The van der Waals surface area contributed by atoms with Crippen molar-refractivity contribution >= 4 is 17.5 Å². The molecule has 2 amide bonds. The molecule has 0 N–H and O–H groups in total. The number of likely N-dealkylation sites (tertiary alicyclic amines) is 1. The van der Waals surface area contributed by atoms with Crippen molar-refractivity contribution in [1.82, 2.24) is 4.90 Å². The van der Waals surface area contributed by atoms with Crippen molar-refractivity contribution in [3.63, 3.8) is 0 Å². The van der Waals surface area contributed by atoms with E-state index in [2.05, 4.69) is 19.9 Å². The van der Waals surface area contributed by atoms with E-state index in [4.69, 9.17) is 0 Å². The minimum atomic E-state index is -1.02. The van der Waals surface area contributed by atoms with Crippen LogP contribution in [0.25, 0.3) is 0 Å². The highest BCUT2D eigenvalue weighted by atomic mass is 16.2. The van der Waals surface area contributed by atoms with Crippen LogP contribution in [0.3, 0.4) is 0 Å². The van der Waals surface area contributed by atoms with E-state index in [-0.39, 0.29) is 17.9 Å². The van der Waals surface area contributed by atoms with Crippen LogP contribution in [0.4, 0.5) is 5.69 Å². The summed E-state index contributed by atoms with van der Waals surface area (Å²) in [5, 5.41) is 0. The Kier molecular flexibility index (Phi) is 4.41. The predicted octanol–water partition coefficient (Wildman–Crippen LogP) is 3.25. The Hall–Kier alpha value is -1.84. The molecule has 1 aromatic rings. The number of rotatable bonds is 2. The summed E-state index contributed by atoms with van der Waals surface area (Å²) in [5.74, 6) is 0.554. The van der Waals surface area contributed by atoms with Gasteiger partial charge in [-0.25, -0.2) is 0 Å². The van der Waals surface area contributed by atoms with Crippen LogP contribution in [0.5, 0.6) is 0 Å². The van der Waals surface area contributed by atoms with E-state index in [1.807, 2.05) is 28.0 Å². The first-order valence-electron chi connectivity index (χ1n) is 9.03. The smallest absolute Gasteiger partial charge is 0.242 e. The molecule has 0 saturated carbocycles. The average Bonchev–Trinajstić information content (AvgIpc) is 2.89. The predicted molar refractivity (Wildman–Crippen MR) is 95.9 cm³/mol. The molecule has 3 rings (SSSR count). The largest absolute Gasteiger partial charge is 0.342 e. The molecule has 1 aromatic carbocycles. The molecular weight excluding hydrogens is 300 g/mol. The number of fused-ring (bicyclic) bond motifs is 1. The number of carbonyl (C=O) groups excluding carboxylic acids is 2. The van der Waals surface area contributed by atoms with E-state index in [9.17, 15) is 9.59 Å². The van der Waals surface area contributed by atoms with Gasteiger partial charge in [-0.15, -0.1) is 0 Å². The van der Waals surface area contributed by atoms with Gasteiger partial charge in [-0.05, 0) is 57.6 Å². The minimum absolute atomic E-state index is 0.0315. The normalized spacial score (nSPS) is 21.8. The number of hydrogen-bond acceptors (Lipinski definition) is 2. The first-order chi connectivity index (χ1) is 11.3. The average molecular weight is 328 g/mol. The molecule has 2 aliphatic heterocycles. The number of anilines is 1. The second-order valence-electron chi connectivity index (χ2n) is 7.96. The number of para-hydroxylation sites is 1. The van der Waals surface area contributed by atoms with Crippen LogP contribution in [0.15, 0.2) is 24.3 Å². The minimum Gasteiger partial charge on any atom is -0.342 e. The van der Waals surface area contributed by atoms with Crippen molar-refractivity contribution < 1.29 is 9.59 Å². The van der Waals surface area contributed by atoms with Gasteiger partial charge >= 0.3 is 0 Å². The van der Waals surface area contributed by atoms with Crippen LogP contribution in [0.2, 0.25) is 0 Å². The summed E-state index contributed by atoms with van der Waals surface area (Å²) in [6.45, 7) is 9.38. The maximum absolute atomic E-state index is 13.3. The zero-order valence-electron chi connectivity index (χ0n) is 15.2. The summed E-state index contributed by atoms with van der Waals surface area (Å²) in [5.41, 5.74) is 1.13. The molecule has 0 radical (unpaired) electrons. The van der Waals surface area contributed by atoms with Gasteiger partial charge in [0, 0.05) is 24.8 Å². The van der Waals surface area contributed by atoms with Crippen molar-refractivity contribution in [2.45, 2.75) is 53.0 Å². The van der Waals surface area contributed by atoms with Crippen molar-refractivity contribution in [2.24, 2.45) is 11.3 Å². The van der Waals surface area contributed by atoms with Gasteiger partial charge in [-0.2, -0.15) is 0 Å². The molecule has 2 aliphatic rings. The van der Waals surface area contributed by atoms with Gasteiger partial charge in [-0.3, -0.25) is 9.59 Å². The quantitative estimate of drug-likeness (QED) is 0.782. The van der Waals surface area contributed by atoms with Crippen LogP contribution in [-0.2, 0) is 16.0 Å². The van der Waals surface area contributed by atoms with Gasteiger partial charge in [0.05, 0.1) is 0 Å². The fourth-order valence-electron chi connectivity index (χ4n) is 3.87. The molecule has 1 unspecified atom stereocenters. The summed E-state index contributed by atoms with van der Waals surface area (Å²) in [6, 6.07) is 8.12. The number of amides is 2. The molecule has 0 aliphatic carbocycles. The second-order valence-corrected chi connectivity index (χ2v) is 7.96. The van der Waals surface area contributed by atoms with Gasteiger partial charge in [0.1, 0.15) is 5.41 Å². The molecule has 1 atom stereocenters. The van der Waals surface area contributed by atoms with Crippen molar-refractivity contribution in [3.8, 4) is 0 Å². The standard InChI is InChI=1S/C20H28N2O2/c1-14-9-11-21(12-10-14)18(23)20(3,4)19(24)22-15(2)13-16-7-5-6-8-17(16)22/h5-8,14-15H,9-13H2,1-4H3. The van der Waals surface area contributed by atoms with E-state index < -0.39 is 5.41 Å². The highest BCUT2D eigenvalue weighted by Crippen LogP contribution is 2.36.